The Morgan fingerprint density at radius 2 is 2.23 bits per heavy atom. The first-order chi connectivity index (χ1) is 6.02. The van der Waals surface area contributed by atoms with Gasteiger partial charge in [-0.1, -0.05) is 0 Å². The van der Waals surface area contributed by atoms with Gasteiger partial charge < -0.3 is 10.1 Å². The molecule has 1 saturated heterocycles. The first-order valence-corrected chi connectivity index (χ1v) is 4.72. The van der Waals surface area contributed by atoms with Crippen molar-refractivity contribution in [2.24, 2.45) is 5.92 Å². The van der Waals surface area contributed by atoms with Crippen LogP contribution >= 0.6 is 0 Å². The molecule has 0 saturated carbocycles. The van der Waals surface area contributed by atoms with E-state index in [0.29, 0.717) is 13.0 Å². The van der Waals surface area contributed by atoms with E-state index in [-0.39, 0.29) is 19.3 Å². The molecule has 13 heavy (non-hydrogen) atoms. The average molecular weight is 193 g/mol. The molecule has 1 unspecified atom stereocenters. The summed E-state index contributed by atoms with van der Waals surface area (Å²) < 4.78 is 31.6. The number of ether oxygens (including phenoxy) is 1. The van der Waals surface area contributed by atoms with Gasteiger partial charge in [-0.3, -0.25) is 0 Å². The zero-order valence-corrected chi connectivity index (χ0v) is 8.15. The molecule has 0 bridgehead atoms. The normalized spacial score (nSPS) is 27.9. The van der Waals surface area contributed by atoms with E-state index >= 15 is 0 Å². The van der Waals surface area contributed by atoms with Crippen LogP contribution in [0.1, 0.15) is 20.3 Å². The number of rotatable bonds is 3. The van der Waals surface area contributed by atoms with Crippen LogP contribution in [0, 0.1) is 5.92 Å². The Kier molecular flexibility index (Phi) is 3.62. The fraction of sp³-hybridized carbons (Fsp3) is 1.00. The molecule has 0 amide bonds. The van der Waals surface area contributed by atoms with Gasteiger partial charge in [-0.25, -0.2) is 8.78 Å². The number of hydrogen-bond acceptors (Lipinski definition) is 2. The average Bonchev–Trinajstić information content (AvgIpc) is 2.01. The van der Waals surface area contributed by atoms with Crippen molar-refractivity contribution in [2.75, 3.05) is 19.7 Å². The summed E-state index contributed by atoms with van der Waals surface area (Å²) in [5.41, 5.74) is 0. The molecule has 0 aliphatic carbocycles. The van der Waals surface area contributed by atoms with Crippen molar-refractivity contribution in [1.29, 1.82) is 0 Å². The summed E-state index contributed by atoms with van der Waals surface area (Å²) in [6.45, 7) is 4.35. The van der Waals surface area contributed by atoms with E-state index in [1.807, 2.05) is 13.8 Å². The molecular formula is C9H17F2NO. The molecule has 1 aliphatic rings. The second-order valence-electron chi connectivity index (χ2n) is 3.81. The lowest BCUT2D eigenvalue weighted by Crippen LogP contribution is -2.47. The van der Waals surface area contributed by atoms with Crippen LogP contribution in [0.3, 0.4) is 0 Å². The molecule has 1 fully saturated rings. The van der Waals surface area contributed by atoms with Gasteiger partial charge in [0.05, 0.1) is 19.3 Å². The monoisotopic (exact) mass is 193 g/mol. The number of nitrogens with one attached hydrogen (secondary N) is 1. The third-order valence-corrected chi connectivity index (χ3v) is 2.26. The Bertz CT molecular complexity index is 162. The lowest BCUT2D eigenvalue weighted by molar-refractivity contribution is -0.107. The Labute approximate surface area is 77.6 Å². The topological polar surface area (TPSA) is 21.3 Å². The minimum Gasteiger partial charge on any atom is -0.378 e. The van der Waals surface area contributed by atoms with Gasteiger partial charge in [0.1, 0.15) is 0 Å². The Morgan fingerprint density at radius 3 is 2.77 bits per heavy atom. The first-order valence-electron chi connectivity index (χ1n) is 4.72. The smallest absolute Gasteiger partial charge is 0.265 e. The molecule has 0 aromatic carbocycles. The van der Waals surface area contributed by atoms with E-state index in [4.69, 9.17) is 4.74 Å². The molecule has 1 aliphatic heterocycles. The van der Waals surface area contributed by atoms with Gasteiger partial charge >= 0.3 is 0 Å². The maximum Gasteiger partial charge on any atom is 0.265 e. The standard InChI is InChI=1S/C9H17F2NO/c1-7(2)13-5-8-3-4-12-6-9(8,10)11/h7-8,12H,3-6H2,1-2H3. The summed E-state index contributed by atoms with van der Waals surface area (Å²) in [7, 11) is 0. The minimum absolute atomic E-state index is 0.0330. The van der Waals surface area contributed by atoms with Gasteiger partial charge in [-0.15, -0.1) is 0 Å². The summed E-state index contributed by atoms with van der Waals surface area (Å²) in [5.74, 6) is -3.22. The van der Waals surface area contributed by atoms with Crippen LogP contribution < -0.4 is 5.32 Å². The van der Waals surface area contributed by atoms with Gasteiger partial charge in [0.15, 0.2) is 0 Å². The molecule has 1 heterocycles. The highest BCUT2D eigenvalue weighted by atomic mass is 19.3. The fourth-order valence-corrected chi connectivity index (χ4v) is 1.40. The minimum atomic E-state index is -2.60. The van der Waals surface area contributed by atoms with E-state index in [0.717, 1.165) is 0 Å². The Morgan fingerprint density at radius 1 is 1.54 bits per heavy atom. The van der Waals surface area contributed by atoms with E-state index < -0.39 is 11.8 Å². The SMILES string of the molecule is CC(C)OCC1CCNCC1(F)F. The number of piperidine rings is 1. The number of halogens is 2. The summed E-state index contributed by atoms with van der Waals surface area (Å²) in [5, 5.41) is 2.69. The van der Waals surface area contributed by atoms with Crippen LogP contribution in [0.4, 0.5) is 8.78 Å². The maximum atomic E-state index is 13.2. The van der Waals surface area contributed by atoms with E-state index in [9.17, 15) is 8.78 Å². The fourth-order valence-electron chi connectivity index (χ4n) is 1.40. The van der Waals surface area contributed by atoms with Crippen molar-refractivity contribution in [1.82, 2.24) is 5.32 Å². The zero-order chi connectivity index (χ0) is 9.90. The van der Waals surface area contributed by atoms with Gasteiger partial charge in [0, 0.05) is 5.92 Å². The highest BCUT2D eigenvalue weighted by molar-refractivity contribution is 4.84. The van der Waals surface area contributed by atoms with Crippen molar-refractivity contribution >= 4 is 0 Å². The maximum absolute atomic E-state index is 13.2. The van der Waals surface area contributed by atoms with Crippen molar-refractivity contribution in [3.63, 3.8) is 0 Å². The third-order valence-electron chi connectivity index (χ3n) is 2.26. The third kappa shape index (κ3) is 3.19. The largest absolute Gasteiger partial charge is 0.378 e. The predicted molar refractivity (Wildman–Crippen MR) is 47.0 cm³/mol. The molecule has 4 heteroatoms. The van der Waals surface area contributed by atoms with Crippen LogP contribution in [0.2, 0.25) is 0 Å². The van der Waals surface area contributed by atoms with E-state index in [1.165, 1.54) is 0 Å². The predicted octanol–water partition coefficient (Wildman–Crippen LogP) is 1.66. The molecule has 1 rings (SSSR count). The van der Waals surface area contributed by atoms with Crippen LogP contribution in [-0.2, 0) is 4.74 Å². The van der Waals surface area contributed by atoms with Crippen LogP contribution in [0.5, 0.6) is 0 Å². The van der Waals surface area contributed by atoms with Crippen LogP contribution in [-0.4, -0.2) is 31.7 Å². The zero-order valence-electron chi connectivity index (χ0n) is 8.15. The molecule has 1 atom stereocenters. The molecule has 0 spiro atoms. The molecule has 0 aromatic rings. The lowest BCUT2D eigenvalue weighted by atomic mass is 9.95. The van der Waals surface area contributed by atoms with E-state index in [2.05, 4.69) is 5.32 Å². The molecule has 2 nitrogen and oxygen atoms in total. The van der Waals surface area contributed by atoms with E-state index in [1.54, 1.807) is 0 Å². The number of alkyl halides is 2. The van der Waals surface area contributed by atoms with Crippen molar-refractivity contribution in [3.8, 4) is 0 Å². The summed E-state index contributed by atoms with van der Waals surface area (Å²) in [6, 6.07) is 0. The molecule has 0 radical (unpaired) electrons. The van der Waals surface area contributed by atoms with Gasteiger partial charge in [-0.2, -0.15) is 0 Å². The van der Waals surface area contributed by atoms with Gasteiger partial charge in [-0.05, 0) is 26.8 Å². The highest BCUT2D eigenvalue weighted by Crippen LogP contribution is 2.29. The highest BCUT2D eigenvalue weighted by Gasteiger charge is 2.41. The second-order valence-corrected chi connectivity index (χ2v) is 3.81. The second kappa shape index (κ2) is 4.33. The molecule has 0 aromatic heterocycles. The summed E-state index contributed by atoms with van der Waals surface area (Å²) in [4.78, 5) is 0. The summed E-state index contributed by atoms with van der Waals surface area (Å²) in [6.07, 6.45) is 0.533. The van der Waals surface area contributed by atoms with Crippen molar-refractivity contribution < 1.29 is 13.5 Å². The van der Waals surface area contributed by atoms with Gasteiger partial charge in [0.25, 0.3) is 5.92 Å². The molecule has 1 N–H and O–H groups in total. The summed E-state index contributed by atoms with van der Waals surface area (Å²) >= 11 is 0. The molecular weight excluding hydrogens is 176 g/mol. The van der Waals surface area contributed by atoms with Gasteiger partial charge in [0.2, 0.25) is 0 Å². The van der Waals surface area contributed by atoms with Crippen LogP contribution in [0.15, 0.2) is 0 Å². The quantitative estimate of drug-likeness (QED) is 0.736. The number of hydrogen-bond donors (Lipinski definition) is 1. The molecule has 78 valence electrons. The van der Waals surface area contributed by atoms with Crippen molar-refractivity contribution in [2.45, 2.75) is 32.3 Å². The first kappa shape index (κ1) is 10.9. The Hall–Kier alpha value is -0.220. The van der Waals surface area contributed by atoms with Crippen LogP contribution in [0.25, 0.3) is 0 Å². The lowest BCUT2D eigenvalue weighted by Gasteiger charge is -2.32. The van der Waals surface area contributed by atoms with Crippen molar-refractivity contribution in [3.05, 3.63) is 0 Å². The Balaban J connectivity index is 2.37.